The van der Waals surface area contributed by atoms with Gasteiger partial charge in [0.1, 0.15) is 5.75 Å². The van der Waals surface area contributed by atoms with E-state index in [9.17, 15) is 0 Å². The Morgan fingerprint density at radius 3 is 2.74 bits per heavy atom. The first-order valence-corrected chi connectivity index (χ1v) is 7.31. The van der Waals surface area contributed by atoms with Gasteiger partial charge in [0.25, 0.3) is 0 Å². The molecule has 0 aromatic heterocycles. The number of nitrogens with two attached hydrogens (primary N) is 1. The summed E-state index contributed by atoms with van der Waals surface area (Å²) in [6, 6.07) is 6.19. The van der Waals surface area contributed by atoms with Crippen LogP contribution in [0.5, 0.6) is 5.75 Å². The fourth-order valence-electron chi connectivity index (χ4n) is 2.16. The smallest absolute Gasteiger partial charge is 0.127 e. The zero-order valence-electron chi connectivity index (χ0n) is 12.3. The second-order valence-corrected chi connectivity index (χ2v) is 5.03. The Morgan fingerprint density at radius 1 is 1.32 bits per heavy atom. The van der Waals surface area contributed by atoms with Crippen LogP contribution >= 0.6 is 0 Å². The van der Waals surface area contributed by atoms with Gasteiger partial charge in [0.15, 0.2) is 0 Å². The van der Waals surface area contributed by atoms with E-state index >= 15 is 0 Å². The van der Waals surface area contributed by atoms with E-state index in [0.717, 1.165) is 30.8 Å². The van der Waals surface area contributed by atoms with Crippen molar-refractivity contribution < 1.29 is 4.74 Å². The third kappa shape index (κ3) is 5.07. The highest BCUT2D eigenvalue weighted by molar-refractivity contribution is 5.44. The van der Waals surface area contributed by atoms with Crippen molar-refractivity contribution in [3.05, 3.63) is 42.0 Å². The molecule has 0 spiro atoms. The number of hydrogen-bond donors (Lipinski definition) is 1. The minimum atomic E-state index is -0.00425. The fraction of sp³-hybridized carbons (Fsp3) is 0.529. The standard InChI is InChI=1S/C17H27NO/c1-4-6-7-8-13-19-17-15(10-5-2)11-9-12-16(17)14(3)18/h5,9,11-12,14H,2,4,6-8,10,13,18H2,1,3H3. The van der Waals surface area contributed by atoms with Gasteiger partial charge in [-0.1, -0.05) is 50.5 Å². The van der Waals surface area contributed by atoms with Gasteiger partial charge in [-0.2, -0.15) is 0 Å². The van der Waals surface area contributed by atoms with Crippen molar-refractivity contribution in [3.8, 4) is 5.75 Å². The molecule has 1 rings (SSSR count). The highest BCUT2D eigenvalue weighted by Crippen LogP contribution is 2.29. The van der Waals surface area contributed by atoms with E-state index in [0.29, 0.717) is 0 Å². The first-order valence-electron chi connectivity index (χ1n) is 7.31. The number of allylic oxidation sites excluding steroid dienone is 1. The number of rotatable bonds is 9. The first-order chi connectivity index (χ1) is 9.20. The van der Waals surface area contributed by atoms with Gasteiger partial charge < -0.3 is 10.5 Å². The number of para-hydroxylation sites is 1. The predicted molar refractivity (Wildman–Crippen MR) is 82.6 cm³/mol. The lowest BCUT2D eigenvalue weighted by Gasteiger charge is -2.17. The molecule has 2 nitrogen and oxygen atoms in total. The van der Waals surface area contributed by atoms with Gasteiger partial charge in [-0.15, -0.1) is 6.58 Å². The molecule has 0 aliphatic carbocycles. The van der Waals surface area contributed by atoms with Crippen LogP contribution in [-0.4, -0.2) is 6.61 Å². The van der Waals surface area contributed by atoms with E-state index < -0.39 is 0 Å². The van der Waals surface area contributed by atoms with Gasteiger partial charge in [-0.25, -0.2) is 0 Å². The lowest BCUT2D eigenvalue weighted by molar-refractivity contribution is 0.298. The van der Waals surface area contributed by atoms with Crippen molar-refractivity contribution in [3.63, 3.8) is 0 Å². The van der Waals surface area contributed by atoms with Crippen LogP contribution in [0, 0.1) is 0 Å². The van der Waals surface area contributed by atoms with Crippen LogP contribution in [-0.2, 0) is 6.42 Å². The van der Waals surface area contributed by atoms with Crippen molar-refractivity contribution in [1.82, 2.24) is 0 Å². The lowest BCUT2D eigenvalue weighted by atomic mass is 10.0. The van der Waals surface area contributed by atoms with Crippen LogP contribution in [0.3, 0.4) is 0 Å². The minimum Gasteiger partial charge on any atom is -0.493 e. The second kappa shape index (κ2) is 8.76. The Labute approximate surface area is 117 Å². The van der Waals surface area contributed by atoms with E-state index in [1.807, 2.05) is 19.1 Å². The Hall–Kier alpha value is -1.28. The first kappa shape index (κ1) is 15.8. The van der Waals surface area contributed by atoms with E-state index in [-0.39, 0.29) is 6.04 Å². The molecule has 0 radical (unpaired) electrons. The molecule has 0 fully saturated rings. The number of ether oxygens (including phenoxy) is 1. The quantitative estimate of drug-likeness (QED) is 0.528. The van der Waals surface area contributed by atoms with Crippen LogP contribution in [0.2, 0.25) is 0 Å². The molecule has 1 atom stereocenters. The van der Waals surface area contributed by atoms with Gasteiger partial charge in [0.2, 0.25) is 0 Å². The average Bonchev–Trinajstić information content (AvgIpc) is 2.40. The van der Waals surface area contributed by atoms with E-state index in [2.05, 4.69) is 25.6 Å². The monoisotopic (exact) mass is 261 g/mol. The SMILES string of the molecule is C=CCc1cccc(C(C)N)c1OCCCCCC. The fourth-order valence-corrected chi connectivity index (χ4v) is 2.16. The molecular formula is C17H27NO. The Balaban J connectivity index is 2.73. The highest BCUT2D eigenvalue weighted by Gasteiger charge is 2.11. The van der Waals surface area contributed by atoms with Gasteiger partial charge in [0, 0.05) is 11.6 Å². The summed E-state index contributed by atoms with van der Waals surface area (Å²) >= 11 is 0. The van der Waals surface area contributed by atoms with Gasteiger partial charge >= 0.3 is 0 Å². The summed E-state index contributed by atoms with van der Waals surface area (Å²) in [5.74, 6) is 0.967. The maximum atomic E-state index is 6.03. The number of unbranched alkanes of at least 4 members (excludes halogenated alkanes) is 3. The van der Waals surface area contributed by atoms with Gasteiger partial charge in [0.05, 0.1) is 6.61 Å². The molecule has 0 saturated heterocycles. The van der Waals surface area contributed by atoms with Crippen molar-refractivity contribution in [2.75, 3.05) is 6.61 Å². The van der Waals surface area contributed by atoms with Crippen molar-refractivity contribution in [1.29, 1.82) is 0 Å². The molecule has 0 aliphatic rings. The molecule has 1 aromatic carbocycles. The molecule has 2 heteroatoms. The molecule has 0 aliphatic heterocycles. The van der Waals surface area contributed by atoms with Crippen LogP contribution in [0.25, 0.3) is 0 Å². The van der Waals surface area contributed by atoms with Crippen LogP contribution < -0.4 is 10.5 Å². The maximum Gasteiger partial charge on any atom is 0.127 e. The molecule has 2 N–H and O–H groups in total. The third-order valence-electron chi connectivity index (χ3n) is 3.23. The molecule has 1 aromatic rings. The maximum absolute atomic E-state index is 6.03. The van der Waals surface area contributed by atoms with Gasteiger partial charge in [-0.3, -0.25) is 0 Å². The van der Waals surface area contributed by atoms with E-state index in [1.54, 1.807) is 0 Å². The zero-order valence-corrected chi connectivity index (χ0v) is 12.3. The van der Waals surface area contributed by atoms with Crippen molar-refractivity contribution >= 4 is 0 Å². The van der Waals surface area contributed by atoms with E-state index in [1.165, 1.54) is 24.8 Å². The van der Waals surface area contributed by atoms with Crippen molar-refractivity contribution in [2.45, 2.75) is 52.0 Å². The molecule has 19 heavy (non-hydrogen) atoms. The molecule has 0 bridgehead atoms. The molecule has 106 valence electrons. The number of hydrogen-bond acceptors (Lipinski definition) is 2. The molecule has 0 amide bonds. The summed E-state index contributed by atoms with van der Waals surface area (Å²) in [6.45, 7) is 8.79. The lowest BCUT2D eigenvalue weighted by Crippen LogP contribution is -2.10. The normalized spacial score (nSPS) is 12.2. The molecule has 1 unspecified atom stereocenters. The second-order valence-electron chi connectivity index (χ2n) is 5.03. The summed E-state index contributed by atoms with van der Waals surface area (Å²) in [5.41, 5.74) is 8.30. The van der Waals surface area contributed by atoms with Crippen molar-refractivity contribution in [2.24, 2.45) is 5.73 Å². The summed E-state index contributed by atoms with van der Waals surface area (Å²) < 4.78 is 6.00. The number of benzene rings is 1. The predicted octanol–water partition coefficient (Wildman–Crippen LogP) is 4.39. The Morgan fingerprint density at radius 2 is 2.11 bits per heavy atom. The Kier molecular flexibility index (Phi) is 7.27. The van der Waals surface area contributed by atoms with E-state index in [4.69, 9.17) is 10.5 Å². The summed E-state index contributed by atoms with van der Waals surface area (Å²) in [4.78, 5) is 0. The summed E-state index contributed by atoms with van der Waals surface area (Å²) in [5, 5.41) is 0. The average molecular weight is 261 g/mol. The minimum absolute atomic E-state index is 0.00425. The third-order valence-corrected chi connectivity index (χ3v) is 3.23. The topological polar surface area (TPSA) is 35.2 Å². The zero-order chi connectivity index (χ0) is 14.1. The van der Waals surface area contributed by atoms with Crippen LogP contribution in [0.1, 0.15) is 56.7 Å². The summed E-state index contributed by atoms with van der Waals surface area (Å²) in [7, 11) is 0. The largest absolute Gasteiger partial charge is 0.493 e. The molecule has 0 heterocycles. The van der Waals surface area contributed by atoms with Crippen LogP contribution in [0.4, 0.5) is 0 Å². The van der Waals surface area contributed by atoms with Crippen LogP contribution in [0.15, 0.2) is 30.9 Å². The summed E-state index contributed by atoms with van der Waals surface area (Å²) in [6.07, 6.45) is 7.59. The highest BCUT2D eigenvalue weighted by atomic mass is 16.5. The molecular weight excluding hydrogens is 234 g/mol. The Bertz CT molecular complexity index is 385. The molecule has 0 saturated carbocycles. The van der Waals surface area contributed by atoms with Gasteiger partial charge in [-0.05, 0) is 25.3 Å².